The van der Waals surface area contributed by atoms with Crippen LogP contribution >= 0.6 is 0 Å². The molecule has 2 aromatic heterocycles. The fraction of sp³-hybridized carbons (Fsp3) is 0. The van der Waals surface area contributed by atoms with Crippen molar-refractivity contribution < 1.29 is 13.6 Å². The van der Waals surface area contributed by atoms with E-state index in [9.17, 15) is 4.79 Å². The number of rotatable bonds is 6. The van der Waals surface area contributed by atoms with Gasteiger partial charge in [-0.3, -0.25) is 4.79 Å². The molecule has 48 heavy (non-hydrogen) atoms. The summed E-state index contributed by atoms with van der Waals surface area (Å²) in [5.41, 5.74) is 14.9. The lowest BCUT2D eigenvalue weighted by molar-refractivity contribution is 0.104. The largest absolute Gasteiger partial charge is 0.455 e. The van der Waals surface area contributed by atoms with Crippen LogP contribution in [0.5, 0.6) is 0 Å². The van der Waals surface area contributed by atoms with Gasteiger partial charge in [-0.15, -0.1) is 5.37 Å². The number of fused-ring (bicyclic) bond motifs is 6. The summed E-state index contributed by atoms with van der Waals surface area (Å²) >= 11 is 0. The molecule has 0 fully saturated rings. The first-order valence-corrected chi connectivity index (χ1v) is 16.5. The first-order chi connectivity index (χ1) is 23.0. The molecular weight excluding hydrogens is 579 g/mol. The monoisotopic (exact) mass is 612 g/mol. The summed E-state index contributed by atoms with van der Waals surface area (Å²) < 4.78 is 12.8. The quantitative estimate of drug-likeness (QED) is 0.105. The Balaban J connectivity index is 1.32. The highest BCUT2D eigenvalue weighted by atomic mass is 16.3. The Labute approximate surface area is 288 Å². The minimum Gasteiger partial charge on any atom is -0.455 e. The third-order valence-corrected chi connectivity index (χ3v) is 10.4. The predicted molar refractivity (Wildman–Crippen MR) is 227 cm³/mol. The standard InChI is InChI=1S/C37H32B8O3/c1-16(28(38)31(41)26(37(44)45)22-13-7-11-20-18-9-3-5-15-24(18)48-36(20)22)34(46)27-32(42)29(39)25(30(40)33(27)43)21-12-6-10-19-17-8-2-4-14-23(17)47-35(19)21/h2-15H,1,38-45H2/b31-28-. The molecule has 0 atom stereocenters. The van der Waals surface area contributed by atoms with Crippen LogP contribution in [0.2, 0.25) is 0 Å². The molecule has 5 aromatic carbocycles. The predicted octanol–water partition coefficient (Wildman–Crippen LogP) is -0.962. The number of ketones is 1. The molecule has 0 N–H and O–H groups in total. The van der Waals surface area contributed by atoms with Crippen molar-refractivity contribution >= 4 is 140 Å². The van der Waals surface area contributed by atoms with E-state index in [0.717, 1.165) is 110 Å². The fourth-order valence-corrected chi connectivity index (χ4v) is 7.53. The molecule has 7 rings (SSSR count). The fourth-order valence-electron chi connectivity index (χ4n) is 7.53. The van der Waals surface area contributed by atoms with Crippen molar-refractivity contribution in [1.29, 1.82) is 0 Å². The summed E-state index contributed by atoms with van der Waals surface area (Å²) in [5.74, 6) is -0.0448. The Bertz CT molecular complexity index is 2560. The average molecular weight is 611 g/mol. The molecule has 0 radical (unpaired) electrons. The van der Waals surface area contributed by atoms with E-state index in [1.165, 1.54) is 0 Å². The number of benzene rings is 5. The average Bonchev–Trinajstić information content (AvgIpc) is 3.66. The summed E-state index contributed by atoms with van der Waals surface area (Å²) in [6, 6.07) is 28.9. The highest BCUT2D eigenvalue weighted by Gasteiger charge is 2.25. The van der Waals surface area contributed by atoms with Crippen LogP contribution in [-0.2, 0) is 0 Å². The summed E-state index contributed by atoms with van der Waals surface area (Å²) in [5, 5.41) is 5.51. The summed E-state index contributed by atoms with van der Waals surface area (Å²) in [4.78, 5) is 14.5. The van der Waals surface area contributed by atoms with Crippen LogP contribution in [0.3, 0.4) is 0 Å². The van der Waals surface area contributed by atoms with Crippen molar-refractivity contribution in [2.75, 3.05) is 0 Å². The minimum absolute atomic E-state index is 0.0448. The van der Waals surface area contributed by atoms with Gasteiger partial charge in [0.25, 0.3) is 0 Å². The molecule has 0 aliphatic carbocycles. The van der Waals surface area contributed by atoms with Gasteiger partial charge < -0.3 is 8.83 Å². The van der Waals surface area contributed by atoms with Crippen LogP contribution in [0.25, 0.3) is 60.6 Å². The van der Waals surface area contributed by atoms with Gasteiger partial charge in [0.05, 0.1) is 0 Å². The lowest BCUT2D eigenvalue weighted by atomic mass is 9.61. The third-order valence-electron chi connectivity index (χ3n) is 10.4. The third kappa shape index (κ3) is 4.82. The summed E-state index contributed by atoms with van der Waals surface area (Å²) in [6.45, 7) is 4.40. The van der Waals surface area contributed by atoms with Gasteiger partial charge in [0, 0.05) is 43.8 Å². The zero-order valence-corrected chi connectivity index (χ0v) is 29.0. The highest BCUT2D eigenvalue weighted by molar-refractivity contribution is 6.63. The van der Waals surface area contributed by atoms with E-state index in [-0.39, 0.29) is 5.78 Å². The normalized spacial score (nSPS) is 12.1. The molecule has 0 aliphatic rings. The van der Waals surface area contributed by atoms with Crippen molar-refractivity contribution in [2.45, 2.75) is 0 Å². The highest BCUT2D eigenvalue weighted by Crippen LogP contribution is 2.38. The number of para-hydroxylation sites is 4. The Kier molecular flexibility index (Phi) is 7.90. The zero-order valence-electron chi connectivity index (χ0n) is 29.0. The van der Waals surface area contributed by atoms with E-state index < -0.39 is 0 Å². The van der Waals surface area contributed by atoms with Gasteiger partial charge in [-0.05, 0) is 23.3 Å². The Morgan fingerprint density at radius 1 is 0.562 bits per heavy atom. The van der Waals surface area contributed by atoms with Gasteiger partial charge in [-0.2, -0.15) is 0 Å². The first-order valence-electron chi connectivity index (χ1n) is 16.5. The number of hydrogen-bond donors (Lipinski definition) is 0. The molecule has 3 nitrogen and oxygen atoms in total. The smallest absolute Gasteiger partial charge is 0.190 e. The van der Waals surface area contributed by atoms with E-state index in [1.807, 2.05) is 44.2 Å². The van der Waals surface area contributed by atoms with E-state index in [0.29, 0.717) is 5.57 Å². The van der Waals surface area contributed by atoms with E-state index in [2.05, 4.69) is 110 Å². The van der Waals surface area contributed by atoms with Crippen molar-refractivity contribution in [3.05, 3.63) is 125 Å². The second kappa shape index (κ2) is 12.0. The number of carbonyl (C=O) groups is 1. The topological polar surface area (TPSA) is 43.4 Å². The van der Waals surface area contributed by atoms with Crippen LogP contribution in [-0.4, -0.2) is 68.6 Å². The van der Waals surface area contributed by atoms with Crippen molar-refractivity contribution in [3.8, 4) is 11.1 Å². The molecule has 0 saturated carbocycles. The molecular formula is C37H32B8O3. The number of furan rings is 2. The van der Waals surface area contributed by atoms with E-state index in [4.69, 9.17) is 8.83 Å². The lowest BCUT2D eigenvalue weighted by Crippen LogP contribution is -2.47. The molecule has 11 heteroatoms. The molecule has 0 aliphatic heterocycles. The maximum absolute atomic E-state index is 14.5. The van der Waals surface area contributed by atoms with Crippen molar-refractivity contribution in [2.24, 2.45) is 0 Å². The SMILES string of the molecule is BC(B)=C(/C(B)=C(/B)C(=C)C(=O)c1c(B)c(B)c(-c2cccc3c2oc2ccccc23)c(B)c1B)c1cccc2c1oc1ccccc12. The van der Waals surface area contributed by atoms with E-state index >= 15 is 0 Å². The van der Waals surface area contributed by atoms with Crippen molar-refractivity contribution in [1.82, 2.24) is 0 Å². The molecule has 7 aromatic rings. The zero-order chi connectivity index (χ0) is 34.0. The maximum atomic E-state index is 14.5. The molecule has 2 heterocycles. The molecule has 0 bridgehead atoms. The van der Waals surface area contributed by atoms with Gasteiger partial charge in [0.2, 0.25) is 0 Å². The summed E-state index contributed by atoms with van der Waals surface area (Å²) in [7, 11) is 16.7. The molecule has 0 unspecified atom stereocenters. The second-order valence-corrected chi connectivity index (χ2v) is 13.2. The lowest BCUT2D eigenvalue weighted by Gasteiger charge is -2.23. The molecule has 0 spiro atoms. The van der Waals surface area contributed by atoms with Crippen LogP contribution in [0.1, 0.15) is 15.9 Å². The second-order valence-electron chi connectivity index (χ2n) is 13.2. The van der Waals surface area contributed by atoms with Gasteiger partial charge in [0.1, 0.15) is 85.1 Å². The van der Waals surface area contributed by atoms with E-state index in [1.54, 1.807) is 0 Å². The maximum Gasteiger partial charge on any atom is 0.190 e. The Hall–Kier alpha value is -4.89. The van der Waals surface area contributed by atoms with Crippen LogP contribution < -0.4 is 21.9 Å². The van der Waals surface area contributed by atoms with Crippen LogP contribution in [0, 0.1) is 0 Å². The Morgan fingerprint density at radius 2 is 1.06 bits per heavy atom. The molecule has 0 saturated heterocycles. The molecule has 0 amide bonds. The number of Topliss-reactive ketones (excluding diaryl/α,β-unsaturated/α-hetero) is 1. The number of hydrogen-bond acceptors (Lipinski definition) is 3. The van der Waals surface area contributed by atoms with Gasteiger partial charge in [-0.1, -0.05) is 112 Å². The van der Waals surface area contributed by atoms with Crippen molar-refractivity contribution in [3.63, 3.8) is 0 Å². The van der Waals surface area contributed by atoms with Gasteiger partial charge in [-0.25, -0.2) is 0 Å². The minimum atomic E-state index is -0.0448. The first kappa shape index (κ1) is 31.7. The molecule has 222 valence electrons. The van der Waals surface area contributed by atoms with Gasteiger partial charge in [0.15, 0.2) is 5.78 Å². The summed E-state index contributed by atoms with van der Waals surface area (Å²) in [6.07, 6.45) is 0. The number of allylic oxidation sites excluding steroid dienone is 4. The van der Waals surface area contributed by atoms with Crippen LogP contribution in [0.4, 0.5) is 0 Å². The van der Waals surface area contributed by atoms with Gasteiger partial charge >= 0.3 is 0 Å². The Morgan fingerprint density at radius 3 is 1.65 bits per heavy atom. The van der Waals surface area contributed by atoms with Crippen LogP contribution in [0.15, 0.2) is 122 Å². The number of carbonyl (C=O) groups excluding carboxylic acids is 1.